The average molecular weight is 389 g/mol. The maximum atomic E-state index is 12.3. The van der Waals surface area contributed by atoms with E-state index in [1.807, 2.05) is 0 Å². The number of hydrogen-bond acceptors (Lipinski definition) is 6. The van der Waals surface area contributed by atoms with E-state index in [2.05, 4.69) is 57.8 Å². The summed E-state index contributed by atoms with van der Waals surface area (Å²) in [5, 5.41) is 9.41. The molecule has 0 spiro atoms. The highest BCUT2D eigenvalue weighted by Crippen LogP contribution is 2.32. The van der Waals surface area contributed by atoms with Gasteiger partial charge in [0.15, 0.2) is 5.16 Å². The minimum absolute atomic E-state index is 0.199. The molecule has 1 aliphatic rings. The lowest BCUT2D eigenvalue weighted by atomic mass is 10.2. The van der Waals surface area contributed by atoms with Crippen molar-refractivity contribution in [2.24, 2.45) is 0 Å². The highest BCUT2D eigenvalue weighted by atomic mass is 32.2. The third-order valence-corrected chi connectivity index (χ3v) is 6.02. The summed E-state index contributed by atoms with van der Waals surface area (Å²) in [5.74, 6) is 0.660. The monoisotopic (exact) mass is 388 g/mol. The summed E-state index contributed by atoms with van der Waals surface area (Å²) in [5.41, 5.74) is 2.23. The van der Waals surface area contributed by atoms with Gasteiger partial charge in [0.2, 0.25) is 5.95 Å². The van der Waals surface area contributed by atoms with Gasteiger partial charge in [-0.05, 0) is 38.3 Å². The molecule has 6 nitrogen and oxygen atoms in total. The standard InChI is InChI=1S/C20H28N4O2S/c1-4-5-8-17(18(25)26-3)27-20-22-21-19(23-13-6-7-14-23)24(20)16-11-9-15(2)10-12-16/h9-12,17H,4-8,13-14H2,1-3H3. The molecule has 1 atom stereocenters. The van der Waals surface area contributed by atoms with Crippen LogP contribution < -0.4 is 4.90 Å². The largest absolute Gasteiger partial charge is 0.468 e. The summed E-state index contributed by atoms with van der Waals surface area (Å²) in [6.07, 6.45) is 5.13. The number of esters is 1. The van der Waals surface area contributed by atoms with Crippen molar-refractivity contribution in [1.82, 2.24) is 14.8 Å². The number of aryl methyl sites for hydroxylation is 1. The predicted molar refractivity (Wildman–Crippen MR) is 109 cm³/mol. The van der Waals surface area contributed by atoms with Crippen molar-refractivity contribution in [3.05, 3.63) is 29.8 Å². The van der Waals surface area contributed by atoms with Gasteiger partial charge in [-0.25, -0.2) is 0 Å². The number of ether oxygens (including phenoxy) is 1. The second-order valence-electron chi connectivity index (χ2n) is 6.92. The third-order valence-electron chi connectivity index (χ3n) is 4.83. The molecule has 0 bridgehead atoms. The maximum Gasteiger partial charge on any atom is 0.319 e. The fourth-order valence-corrected chi connectivity index (χ4v) is 4.37. The van der Waals surface area contributed by atoms with Crippen LogP contribution in [0.2, 0.25) is 0 Å². The van der Waals surface area contributed by atoms with E-state index >= 15 is 0 Å². The first-order valence-corrected chi connectivity index (χ1v) is 10.5. The van der Waals surface area contributed by atoms with Gasteiger partial charge in [0.1, 0.15) is 5.25 Å². The van der Waals surface area contributed by atoms with Gasteiger partial charge in [-0.3, -0.25) is 9.36 Å². The van der Waals surface area contributed by atoms with Crippen LogP contribution in [0.15, 0.2) is 29.4 Å². The molecule has 146 valence electrons. The number of benzene rings is 1. The van der Waals surface area contributed by atoms with Crippen LogP contribution in [0.1, 0.15) is 44.6 Å². The van der Waals surface area contributed by atoms with Gasteiger partial charge in [0.05, 0.1) is 12.8 Å². The second kappa shape index (κ2) is 9.26. The number of unbranched alkanes of at least 4 members (excludes halogenated alkanes) is 1. The number of methoxy groups -OCH3 is 1. The Morgan fingerprint density at radius 1 is 1.22 bits per heavy atom. The molecule has 1 aromatic heterocycles. The predicted octanol–water partition coefficient (Wildman–Crippen LogP) is 4.00. The summed E-state index contributed by atoms with van der Waals surface area (Å²) >= 11 is 1.45. The average Bonchev–Trinajstić information content (AvgIpc) is 3.34. The molecule has 27 heavy (non-hydrogen) atoms. The molecule has 7 heteroatoms. The van der Waals surface area contributed by atoms with Gasteiger partial charge < -0.3 is 9.64 Å². The molecular formula is C20H28N4O2S. The summed E-state index contributed by atoms with van der Waals surface area (Å²) in [7, 11) is 1.45. The topological polar surface area (TPSA) is 60.2 Å². The minimum Gasteiger partial charge on any atom is -0.468 e. The van der Waals surface area contributed by atoms with Crippen LogP contribution in [0.5, 0.6) is 0 Å². The zero-order chi connectivity index (χ0) is 19.2. The summed E-state index contributed by atoms with van der Waals surface area (Å²) in [6.45, 7) is 6.18. The minimum atomic E-state index is -0.269. The number of hydrogen-bond donors (Lipinski definition) is 0. The van der Waals surface area contributed by atoms with Crippen LogP contribution in [0.4, 0.5) is 5.95 Å². The van der Waals surface area contributed by atoms with Gasteiger partial charge in [-0.2, -0.15) is 0 Å². The molecule has 2 heterocycles. The molecule has 1 unspecified atom stereocenters. The Kier molecular flexibility index (Phi) is 6.77. The Morgan fingerprint density at radius 3 is 2.56 bits per heavy atom. The molecule has 1 fully saturated rings. The summed E-state index contributed by atoms with van der Waals surface area (Å²) in [4.78, 5) is 14.5. The van der Waals surface area contributed by atoms with E-state index in [0.29, 0.717) is 0 Å². The molecule has 0 saturated carbocycles. The summed E-state index contributed by atoms with van der Waals surface area (Å²) < 4.78 is 7.10. The first kappa shape index (κ1) is 19.7. The molecule has 3 rings (SSSR count). The lowest BCUT2D eigenvalue weighted by Crippen LogP contribution is -2.22. The molecule has 1 saturated heterocycles. The van der Waals surface area contributed by atoms with Crippen LogP contribution in [0.25, 0.3) is 5.69 Å². The van der Waals surface area contributed by atoms with E-state index in [9.17, 15) is 4.79 Å². The third kappa shape index (κ3) is 4.64. The van der Waals surface area contributed by atoms with E-state index in [4.69, 9.17) is 4.74 Å². The fraction of sp³-hybridized carbons (Fsp3) is 0.550. The number of rotatable bonds is 8. The lowest BCUT2D eigenvalue weighted by Gasteiger charge is -2.19. The van der Waals surface area contributed by atoms with Crippen LogP contribution >= 0.6 is 11.8 Å². The zero-order valence-electron chi connectivity index (χ0n) is 16.4. The highest BCUT2D eigenvalue weighted by Gasteiger charge is 2.27. The molecule has 0 amide bonds. The van der Waals surface area contributed by atoms with Crippen molar-refractivity contribution < 1.29 is 9.53 Å². The second-order valence-corrected chi connectivity index (χ2v) is 8.09. The Morgan fingerprint density at radius 2 is 1.93 bits per heavy atom. The number of carbonyl (C=O) groups is 1. The first-order valence-electron chi connectivity index (χ1n) is 9.66. The van der Waals surface area contributed by atoms with Crippen LogP contribution in [0, 0.1) is 6.92 Å². The molecule has 0 aliphatic carbocycles. The molecule has 2 aromatic rings. The van der Waals surface area contributed by atoms with Gasteiger partial charge >= 0.3 is 5.97 Å². The van der Waals surface area contributed by atoms with E-state index in [0.717, 1.165) is 49.1 Å². The number of aromatic nitrogens is 3. The van der Waals surface area contributed by atoms with Crippen molar-refractivity contribution in [1.29, 1.82) is 0 Å². The van der Waals surface area contributed by atoms with Crippen molar-refractivity contribution in [2.75, 3.05) is 25.1 Å². The summed E-state index contributed by atoms with van der Waals surface area (Å²) in [6, 6.07) is 8.35. The SMILES string of the molecule is CCCCC(Sc1nnc(N2CCCC2)n1-c1ccc(C)cc1)C(=O)OC. The highest BCUT2D eigenvalue weighted by molar-refractivity contribution is 8.00. The normalized spacial score (nSPS) is 15.1. The number of thioether (sulfide) groups is 1. The van der Waals surface area contributed by atoms with Crippen LogP contribution in [-0.4, -0.2) is 46.2 Å². The van der Waals surface area contributed by atoms with Crippen molar-refractivity contribution in [3.8, 4) is 5.69 Å². The Bertz CT molecular complexity index is 754. The van der Waals surface area contributed by atoms with E-state index in [1.54, 1.807) is 0 Å². The van der Waals surface area contributed by atoms with Gasteiger partial charge in [0.25, 0.3) is 0 Å². The van der Waals surface area contributed by atoms with Crippen molar-refractivity contribution in [3.63, 3.8) is 0 Å². The van der Waals surface area contributed by atoms with E-state index in [1.165, 1.54) is 37.3 Å². The maximum absolute atomic E-state index is 12.3. The smallest absolute Gasteiger partial charge is 0.319 e. The van der Waals surface area contributed by atoms with E-state index < -0.39 is 0 Å². The number of carbonyl (C=O) groups excluding carboxylic acids is 1. The number of nitrogens with zero attached hydrogens (tertiary/aromatic N) is 4. The number of anilines is 1. The van der Waals surface area contributed by atoms with Crippen molar-refractivity contribution in [2.45, 2.75) is 56.4 Å². The van der Waals surface area contributed by atoms with Crippen molar-refractivity contribution >= 4 is 23.7 Å². The Balaban J connectivity index is 1.96. The van der Waals surface area contributed by atoms with Crippen LogP contribution in [0.3, 0.4) is 0 Å². The first-order chi connectivity index (χ1) is 13.1. The molecule has 0 radical (unpaired) electrons. The van der Waals surface area contributed by atoms with Gasteiger partial charge in [-0.15, -0.1) is 10.2 Å². The molecule has 0 N–H and O–H groups in total. The quantitative estimate of drug-likeness (QED) is 0.503. The molecule has 1 aliphatic heterocycles. The van der Waals surface area contributed by atoms with E-state index in [-0.39, 0.29) is 11.2 Å². The van der Waals surface area contributed by atoms with Gasteiger partial charge in [-0.1, -0.05) is 49.2 Å². The zero-order valence-corrected chi connectivity index (χ0v) is 17.2. The molecular weight excluding hydrogens is 360 g/mol. The Hall–Kier alpha value is -2.02. The lowest BCUT2D eigenvalue weighted by molar-refractivity contribution is -0.140. The fourth-order valence-electron chi connectivity index (χ4n) is 3.25. The molecule has 1 aromatic carbocycles. The Labute approximate surface area is 165 Å². The van der Waals surface area contributed by atoms with Gasteiger partial charge in [0, 0.05) is 13.1 Å². The van der Waals surface area contributed by atoms with Crippen LogP contribution in [-0.2, 0) is 9.53 Å².